The van der Waals surface area contributed by atoms with Crippen LogP contribution in [-0.2, 0) is 15.6 Å². The number of amides is 1. The lowest BCUT2D eigenvalue weighted by Crippen LogP contribution is -2.41. The predicted molar refractivity (Wildman–Crippen MR) is 101 cm³/mol. The molecule has 0 spiro atoms. The minimum atomic E-state index is -1.67. The zero-order valence-corrected chi connectivity index (χ0v) is 17.0. The molecule has 3 nitrogen and oxygen atoms in total. The number of hydrogen-bond acceptors (Lipinski definition) is 2. The highest BCUT2D eigenvalue weighted by Crippen LogP contribution is 2.36. The van der Waals surface area contributed by atoms with E-state index in [4.69, 9.17) is 4.43 Å². The van der Waals surface area contributed by atoms with Crippen LogP contribution in [0.25, 0.3) is 0 Å². The molecule has 0 aromatic heterocycles. The summed E-state index contributed by atoms with van der Waals surface area (Å²) in [5.74, 6) is 0.0338. The summed E-state index contributed by atoms with van der Waals surface area (Å²) >= 11 is 0. The van der Waals surface area contributed by atoms with Gasteiger partial charge in [-0.05, 0) is 42.2 Å². The second-order valence-corrected chi connectivity index (χ2v) is 13.6. The molecule has 0 saturated carbocycles. The van der Waals surface area contributed by atoms with E-state index in [1.165, 1.54) is 5.56 Å². The Morgan fingerprint density at radius 1 is 1.04 bits per heavy atom. The highest BCUT2D eigenvalue weighted by molar-refractivity contribution is 6.74. The summed E-state index contributed by atoms with van der Waals surface area (Å²) in [7, 11) is -1.67. The molecule has 0 atom stereocenters. The summed E-state index contributed by atoms with van der Waals surface area (Å²) in [5.41, 5.74) is 1.70. The van der Waals surface area contributed by atoms with E-state index in [1.807, 2.05) is 32.9 Å². The highest BCUT2D eigenvalue weighted by atomic mass is 28.4. The van der Waals surface area contributed by atoms with Gasteiger partial charge < -0.3 is 9.74 Å². The van der Waals surface area contributed by atoms with Gasteiger partial charge in [0.25, 0.3) is 0 Å². The molecular formula is C19H33NO2Si. The molecule has 0 bridgehead atoms. The van der Waals surface area contributed by atoms with Crippen molar-refractivity contribution in [1.82, 2.24) is 0 Å². The number of carbonyl (C=O) groups is 1. The van der Waals surface area contributed by atoms with Gasteiger partial charge in [0, 0.05) is 17.7 Å². The van der Waals surface area contributed by atoms with E-state index in [-0.39, 0.29) is 16.4 Å². The fourth-order valence-corrected chi connectivity index (χ4v) is 2.76. The van der Waals surface area contributed by atoms with Gasteiger partial charge in [-0.2, -0.15) is 0 Å². The molecule has 0 radical (unpaired) electrons. The maximum atomic E-state index is 12.0. The smallest absolute Gasteiger partial charge is 0.229 e. The summed E-state index contributed by atoms with van der Waals surface area (Å²) in [6.45, 7) is 17.8. The van der Waals surface area contributed by atoms with E-state index >= 15 is 0 Å². The molecule has 0 aliphatic heterocycles. The van der Waals surface area contributed by atoms with Crippen molar-refractivity contribution in [3.05, 3.63) is 29.8 Å². The monoisotopic (exact) mass is 335 g/mol. The largest absolute Gasteiger partial charge is 0.416 e. The van der Waals surface area contributed by atoms with Gasteiger partial charge in [-0.3, -0.25) is 4.79 Å². The van der Waals surface area contributed by atoms with Gasteiger partial charge in [0.15, 0.2) is 8.32 Å². The van der Waals surface area contributed by atoms with Gasteiger partial charge in [-0.1, -0.05) is 53.7 Å². The predicted octanol–water partition coefficient (Wildman–Crippen LogP) is 5.24. The quantitative estimate of drug-likeness (QED) is 0.748. The summed E-state index contributed by atoms with van der Waals surface area (Å²) in [5, 5.41) is 3.19. The molecule has 0 aliphatic rings. The van der Waals surface area contributed by atoms with Crippen molar-refractivity contribution in [3.63, 3.8) is 0 Å². The molecule has 1 rings (SSSR count). The molecule has 130 valence electrons. The van der Waals surface area contributed by atoms with Crippen LogP contribution in [0.2, 0.25) is 18.1 Å². The van der Waals surface area contributed by atoms with Crippen LogP contribution < -0.4 is 5.32 Å². The molecule has 0 unspecified atom stereocenters. The maximum Gasteiger partial charge on any atom is 0.229 e. The van der Waals surface area contributed by atoms with E-state index in [0.29, 0.717) is 0 Å². The highest BCUT2D eigenvalue weighted by Gasteiger charge is 2.36. The lowest BCUT2D eigenvalue weighted by Gasteiger charge is -2.36. The van der Waals surface area contributed by atoms with Gasteiger partial charge in [-0.15, -0.1) is 0 Å². The Kier molecular flexibility index (Phi) is 6.22. The Labute approximate surface area is 143 Å². The van der Waals surface area contributed by atoms with Crippen LogP contribution in [0.4, 0.5) is 5.69 Å². The standard InChI is InChI=1S/C19H33NO2Si/c1-18(2,3)17(21)20-16-11-9-15(10-12-16)13-14-22-23(7,8)19(4,5)6/h9-12H,13-14H2,1-8H3,(H,20,21). The molecular weight excluding hydrogens is 302 g/mol. The van der Waals surface area contributed by atoms with Crippen LogP contribution in [0.3, 0.4) is 0 Å². The summed E-state index contributed by atoms with van der Waals surface area (Å²) in [6, 6.07) is 8.05. The van der Waals surface area contributed by atoms with Gasteiger partial charge in [0.05, 0.1) is 0 Å². The Morgan fingerprint density at radius 2 is 1.57 bits per heavy atom. The number of nitrogens with one attached hydrogen (secondary N) is 1. The van der Waals surface area contributed by atoms with E-state index in [2.05, 4.69) is 51.3 Å². The average molecular weight is 336 g/mol. The normalized spacial score (nSPS) is 13.0. The van der Waals surface area contributed by atoms with Gasteiger partial charge in [-0.25, -0.2) is 0 Å². The second-order valence-electron chi connectivity index (χ2n) is 8.76. The zero-order chi connectivity index (χ0) is 17.9. The first kappa shape index (κ1) is 19.9. The molecule has 1 amide bonds. The van der Waals surface area contributed by atoms with Gasteiger partial charge in [0.1, 0.15) is 0 Å². The van der Waals surface area contributed by atoms with Crippen LogP contribution in [0.15, 0.2) is 24.3 Å². The zero-order valence-electron chi connectivity index (χ0n) is 16.0. The lowest BCUT2D eigenvalue weighted by atomic mass is 9.95. The van der Waals surface area contributed by atoms with Crippen LogP contribution in [0.1, 0.15) is 47.1 Å². The fraction of sp³-hybridized carbons (Fsp3) is 0.632. The molecule has 0 aliphatic carbocycles. The Balaban J connectivity index is 2.54. The summed E-state index contributed by atoms with van der Waals surface area (Å²) < 4.78 is 6.21. The third-order valence-electron chi connectivity index (χ3n) is 4.55. The lowest BCUT2D eigenvalue weighted by molar-refractivity contribution is -0.123. The van der Waals surface area contributed by atoms with Crippen molar-refractivity contribution < 1.29 is 9.22 Å². The van der Waals surface area contributed by atoms with Crippen LogP contribution in [-0.4, -0.2) is 20.8 Å². The number of anilines is 1. The third-order valence-corrected chi connectivity index (χ3v) is 9.09. The number of carbonyl (C=O) groups excluding carboxylic acids is 1. The van der Waals surface area contributed by atoms with E-state index in [0.717, 1.165) is 18.7 Å². The SMILES string of the molecule is CC(C)(C)C(=O)Nc1ccc(CCO[Si](C)(C)C(C)(C)C)cc1. The van der Waals surface area contributed by atoms with E-state index < -0.39 is 8.32 Å². The van der Waals surface area contributed by atoms with Crippen LogP contribution in [0.5, 0.6) is 0 Å². The Hall–Kier alpha value is -1.13. The number of benzene rings is 1. The topological polar surface area (TPSA) is 38.3 Å². The first-order chi connectivity index (χ1) is 10.3. The molecule has 0 fully saturated rings. The van der Waals surface area contributed by atoms with Crippen molar-refractivity contribution in [2.24, 2.45) is 5.41 Å². The molecule has 1 N–H and O–H groups in total. The molecule has 23 heavy (non-hydrogen) atoms. The van der Waals surface area contributed by atoms with Crippen molar-refractivity contribution in [2.45, 2.75) is 66.1 Å². The third kappa shape index (κ3) is 6.11. The summed E-state index contributed by atoms with van der Waals surface area (Å²) in [6.07, 6.45) is 0.903. The maximum absolute atomic E-state index is 12.0. The van der Waals surface area contributed by atoms with Gasteiger partial charge in [0.2, 0.25) is 5.91 Å². The van der Waals surface area contributed by atoms with Crippen molar-refractivity contribution in [2.75, 3.05) is 11.9 Å². The van der Waals surface area contributed by atoms with E-state index in [1.54, 1.807) is 0 Å². The first-order valence-corrected chi connectivity index (χ1v) is 11.3. The first-order valence-electron chi connectivity index (χ1n) is 8.37. The van der Waals surface area contributed by atoms with Crippen LogP contribution >= 0.6 is 0 Å². The Morgan fingerprint density at radius 3 is 2.00 bits per heavy atom. The minimum absolute atomic E-state index is 0.0338. The molecule has 0 saturated heterocycles. The average Bonchev–Trinajstić information content (AvgIpc) is 2.38. The van der Waals surface area contributed by atoms with E-state index in [9.17, 15) is 4.79 Å². The fourth-order valence-electron chi connectivity index (χ4n) is 1.71. The van der Waals surface area contributed by atoms with Crippen molar-refractivity contribution in [3.8, 4) is 0 Å². The number of hydrogen-bond donors (Lipinski definition) is 1. The van der Waals surface area contributed by atoms with Crippen LogP contribution in [0, 0.1) is 5.41 Å². The summed E-state index contributed by atoms with van der Waals surface area (Å²) in [4.78, 5) is 12.0. The molecule has 0 heterocycles. The molecule has 1 aromatic carbocycles. The van der Waals surface area contributed by atoms with Crippen molar-refractivity contribution >= 4 is 19.9 Å². The Bertz CT molecular complexity index is 522. The van der Waals surface area contributed by atoms with Gasteiger partial charge >= 0.3 is 0 Å². The molecule has 4 heteroatoms. The van der Waals surface area contributed by atoms with Crippen molar-refractivity contribution in [1.29, 1.82) is 0 Å². The molecule has 1 aromatic rings. The minimum Gasteiger partial charge on any atom is -0.416 e. The second kappa shape index (κ2) is 7.18. The number of rotatable bonds is 5.